The molecule has 0 spiro atoms. The van der Waals surface area contributed by atoms with Crippen molar-refractivity contribution in [2.75, 3.05) is 36.4 Å². The van der Waals surface area contributed by atoms with Crippen molar-refractivity contribution in [2.24, 2.45) is 0 Å². The van der Waals surface area contributed by atoms with Crippen molar-refractivity contribution < 1.29 is 27.9 Å². The van der Waals surface area contributed by atoms with E-state index in [1.807, 2.05) is 0 Å². The molecule has 0 radical (unpaired) electrons. The summed E-state index contributed by atoms with van der Waals surface area (Å²) in [7, 11) is -3.27. The highest BCUT2D eigenvalue weighted by atomic mass is 32.2. The second-order valence-electron chi connectivity index (χ2n) is 5.72. The lowest BCUT2D eigenvalue weighted by atomic mass is 10.1. The van der Waals surface area contributed by atoms with Crippen LogP contribution in [-0.4, -0.2) is 68.4 Å². The molecule has 1 amide bonds. The van der Waals surface area contributed by atoms with E-state index in [1.54, 1.807) is 12.1 Å². The van der Waals surface area contributed by atoms with Gasteiger partial charge in [-0.15, -0.1) is 0 Å². The summed E-state index contributed by atoms with van der Waals surface area (Å²) >= 11 is 0. The summed E-state index contributed by atoms with van der Waals surface area (Å²) in [4.78, 5) is 25.1. The van der Waals surface area contributed by atoms with E-state index >= 15 is 0 Å². The number of ether oxygens (including phenoxy) is 1. The van der Waals surface area contributed by atoms with Gasteiger partial charge in [-0.25, -0.2) is 13.2 Å². The van der Waals surface area contributed by atoms with Gasteiger partial charge in [-0.05, 0) is 30.7 Å². The quantitative estimate of drug-likeness (QED) is 0.829. The largest absolute Gasteiger partial charge is 0.480 e. The minimum atomic E-state index is -3.27. The highest BCUT2D eigenvalue weighted by molar-refractivity contribution is 7.93. The summed E-state index contributed by atoms with van der Waals surface area (Å²) in [5.41, 5.74) is 0.837. The summed E-state index contributed by atoms with van der Waals surface area (Å²) in [6.07, 6.45) is 0.580. The second kappa shape index (κ2) is 6.40. The lowest BCUT2D eigenvalue weighted by Gasteiger charge is -2.33. The summed E-state index contributed by atoms with van der Waals surface area (Å²) < 4.78 is 30.3. The van der Waals surface area contributed by atoms with E-state index in [4.69, 9.17) is 4.74 Å². The molecule has 0 bridgehead atoms. The van der Waals surface area contributed by atoms with Gasteiger partial charge in [0.15, 0.2) is 6.04 Å². The van der Waals surface area contributed by atoms with E-state index in [0.29, 0.717) is 30.8 Å². The molecular weight excluding hydrogens is 336 g/mol. The summed E-state index contributed by atoms with van der Waals surface area (Å²) in [5, 5.41) is 9.20. The van der Waals surface area contributed by atoms with Crippen LogP contribution in [0.1, 0.15) is 16.8 Å². The van der Waals surface area contributed by atoms with E-state index in [9.17, 15) is 23.1 Å². The number of aliphatic carboxylic acids is 1. The number of carboxylic acid groups (broad SMARTS) is 1. The minimum absolute atomic E-state index is 0.0365. The Morgan fingerprint density at radius 2 is 1.88 bits per heavy atom. The van der Waals surface area contributed by atoms with Gasteiger partial charge in [0.25, 0.3) is 5.91 Å². The summed E-state index contributed by atoms with van der Waals surface area (Å²) in [5.74, 6) is -1.38. The molecule has 9 heteroatoms. The molecule has 0 aliphatic carbocycles. The number of benzene rings is 1. The monoisotopic (exact) mass is 354 g/mol. The lowest BCUT2D eigenvalue weighted by Crippen LogP contribution is -2.52. The molecule has 2 aliphatic rings. The molecule has 1 aromatic rings. The van der Waals surface area contributed by atoms with Crippen molar-refractivity contribution in [1.29, 1.82) is 0 Å². The topological polar surface area (TPSA) is 104 Å². The Bertz CT molecular complexity index is 746. The van der Waals surface area contributed by atoms with Crippen LogP contribution in [0.2, 0.25) is 0 Å². The lowest BCUT2D eigenvalue weighted by molar-refractivity contribution is -0.147. The predicted octanol–water partition coefficient (Wildman–Crippen LogP) is 0.152. The first-order valence-corrected chi connectivity index (χ1v) is 9.23. The third-order valence-corrected chi connectivity index (χ3v) is 6.05. The zero-order valence-electron chi connectivity index (χ0n) is 12.9. The average Bonchev–Trinajstić information content (AvgIpc) is 2.93. The van der Waals surface area contributed by atoms with Crippen molar-refractivity contribution in [3.05, 3.63) is 29.8 Å². The summed E-state index contributed by atoms with van der Waals surface area (Å²) in [6.45, 7) is 0.892. The first-order valence-electron chi connectivity index (χ1n) is 7.62. The van der Waals surface area contributed by atoms with Gasteiger partial charge in [0.05, 0.1) is 24.7 Å². The van der Waals surface area contributed by atoms with Gasteiger partial charge in [-0.2, -0.15) is 0 Å². The molecule has 2 fully saturated rings. The molecule has 8 nitrogen and oxygen atoms in total. The maximum atomic E-state index is 12.5. The van der Waals surface area contributed by atoms with E-state index < -0.39 is 27.9 Å². The van der Waals surface area contributed by atoms with Gasteiger partial charge < -0.3 is 14.7 Å². The zero-order valence-corrected chi connectivity index (χ0v) is 13.7. The SMILES string of the molecule is O=C(O)[C@@H]1COCCN1C(=O)c1ccc(N2CCCS2(=O)=O)cc1. The fraction of sp³-hybridized carbons (Fsp3) is 0.467. The van der Waals surface area contributed by atoms with Crippen molar-refractivity contribution in [3.8, 4) is 0 Å². The summed E-state index contributed by atoms with van der Waals surface area (Å²) in [6, 6.07) is 5.20. The Hall–Kier alpha value is -2.13. The van der Waals surface area contributed by atoms with Gasteiger partial charge in [-0.1, -0.05) is 0 Å². The fourth-order valence-corrected chi connectivity index (χ4v) is 4.48. The van der Waals surface area contributed by atoms with Crippen LogP contribution in [0, 0.1) is 0 Å². The number of rotatable bonds is 3. The van der Waals surface area contributed by atoms with Crippen LogP contribution in [0.15, 0.2) is 24.3 Å². The van der Waals surface area contributed by atoms with Gasteiger partial charge in [0.1, 0.15) is 0 Å². The number of carbonyl (C=O) groups is 2. The highest BCUT2D eigenvalue weighted by Gasteiger charge is 2.33. The third kappa shape index (κ3) is 3.09. The van der Waals surface area contributed by atoms with Crippen molar-refractivity contribution in [1.82, 2.24) is 4.90 Å². The van der Waals surface area contributed by atoms with Crippen LogP contribution < -0.4 is 4.31 Å². The maximum Gasteiger partial charge on any atom is 0.328 e. The zero-order chi connectivity index (χ0) is 17.3. The van der Waals surface area contributed by atoms with E-state index in [1.165, 1.54) is 21.3 Å². The molecule has 0 saturated carbocycles. The Labute approximate surface area is 139 Å². The van der Waals surface area contributed by atoms with E-state index in [0.717, 1.165) is 0 Å². The number of anilines is 1. The molecule has 24 heavy (non-hydrogen) atoms. The molecular formula is C15H18N2O6S. The number of hydrogen-bond acceptors (Lipinski definition) is 5. The second-order valence-corrected chi connectivity index (χ2v) is 7.73. The van der Waals surface area contributed by atoms with E-state index in [2.05, 4.69) is 0 Å². The highest BCUT2D eigenvalue weighted by Crippen LogP contribution is 2.24. The normalized spacial score (nSPS) is 23.2. The van der Waals surface area contributed by atoms with Crippen LogP contribution >= 0.6 is 0 Å². The molecule has 3 rings (SSSR count). The molecule has 1 N–H and O–H groups in total. The van der Waals surface area contributed by atoms with Gasteiger partial charge >= 0.3 is 5.97 Å². The smallest absolute Gasteiger partial charge is 0.328 e. The van der Waals surface area contributed by atoms with Gasteiger partial charge in [0, 0.05) is 18.7 Å². The number of carboxylic acids is 1. The standard InChI is InChI=1S/C15H18N2O6S/c18-14(16-7-8-23-10-13(16)15(19)20)11-2-4-12(5-3-11)17-6-1-9-24(17,21)22/h2-5,13H,1,6-10H2,(H,19,20)/t13-/m0/s1. The molecule has 130 valence electrons. The average molecular weight is 354 g/mol. The number of amides is 1. The van der Waals surface area contributed by atoms with Crippen molar-refractivity contribution in [2.45, 2.75) is 12.5 Å². The number of hydrogen-bond donors (Lipinski definition) is 1. The molecule has 1 aromatic carbocycles. The van der Waals surface area contributed by atoms with Crippen LogP contribution in [0.3, 0.4) is 0 Å². The molecule has 2 heterocycles. The van der Waals surface area contributed by atoms with Crippen molar-refractivity contribution >= 4 is 27.6 Å². The Morgan fingerprint density at radius 1 is 1.17 bits per heavy atom. The maximum absolute atomic E-state index is 12.5. The number of morpholine rings is 1. The van der Waals surface area contributed by atoms with E-state index in [-0.39, 0.29) is 18.9 Å². The number of nitrogens with zero attached hydrogens (tertiary/aromatic N) is 2. The Morgan fingerprint density at radius 3 is 2.46 bits per heavy atom. The van der Waals surface area contributed by atoms with Crippen molar-refractivity contribution in [3.63, 3.8) is 0 Å². The van der Waals surface area contributed by atoms with Crippen LogP contribution in [0.25, 0.3) is 0 Å². The molecule has 2 saturated heterocycles. The number of sulfonamides is 1. The van der Waals surface area contributed by atoms with Crippen LogP contribution in [0.4, 0.5) is 5.69 Å². The Kier molecular flexibility index (Phi) is 4.46. The predicted molar refractivity (Wildman–Crippen MR) is 85.5 cm³/mol. The number of carbonyl (C=O) groups excluding carboxylic acids is 1. The van der Waals surface area contributed by atoms with Gasteiger partial charge in [-0.3, -0.25) is 9.10 Å². The van der Waals surface area contributed by atoms with Crippen LogP contribution in [0.5, 0.6) is 0 Å². The molecule has 1 atom stereocenters. The fourth-order valence-electron chi connectivity index (χ4n) is 2.92. The Balaban J connectivity index is 1.80. The third-order valence-electron chi connectivity index (χ3n) is 4.18. The van der Waals surface area contributed by atoms with Gasteiger partial charge in [0.2, 0.25) is 10.0 Å². The minimum Gasteiger partial charge on any atom is -0.480 e. The molecule has 2 aliphatic heterocycles. The first kappa shape index (κ1) is 16.7. The molecule has 0 aromatic heterocycles. The first-order chi connectivity index (χ1) is 11.4. The molecule has 0 unspecified atom stereocenters. The van der Waals surface area contributed by atoms with Crippen LogP contribution in [-0.2, 0) is 19.6 Å².